The molecule has 3 aromatic carbocycles. The Morgan fingerprint density at radius 1 is 0.805 bits per heavy atom. The van der Waals surface area contributed by atoms with Gasteiger partial charge in [-0.25, -0.2) is 17.6 Å². The molecule has 1 saturated carbocycles. The third kappa shape index (κ3) is 6.20. The van der Waals surface area contributed by atoms with Crippen LogP contribution in [-0.2, 0) is 9.59 Å². The molecule has 0 bridgehead atoms. The Labute approximate surface area is 246 Å². The normalized spacial score (nSPS) is 17.2. The fourth-order valence-corrected chi connectivity index (χ4v) is 5.09. The lowest BCUT2D eigenvalue weighted by molar-refractivity contribution is -0.126. The molecule has 0 spiro atoms. The zero-order valence-corrected chi connectivity index (χ0v) is 22.8. The third-order valence-electron chi connectivity index (χ3n) is 5.96. The maximum atomic E-state index is 14.7. The average molecular weight is 659 g/mol. The maximum absolute atomic E-state index is 14.7. The predicted molar refractivity (Wildman–Crippen MR) is 141 cm³/mol. The predicted octanol–water partition coefficient (Wildman–Crippen LogP) is 7.53. The molecule has 0 aromatic heterocycles. The highest BCUT2D eigenvalue weighted by molar-refractivity contribution is 6.53. The molecule has 216 valence electrons. The summed E-state index contributed by atoms with van der Waals surface area (Å²) in [5.41, 5.74) is -3.14. The monoisotopic (exact) mass is 657 g/mol. The van der Waals surface area contributed by atoms with Gasteiger partial charge in [0.1, 0.15) is 15.8 Å². The van der Waals surface area contributed by atoms with Crippen LogP contribution in [-0.4, -0.2) is 28.5 Å². The molecule has 0 radical (unpaired) electrons. The summed E-state index contributed by atoms with van der Waals surface area (Å²) in [6.45, 7) is 0. The van der Waals surface area contributed by atoms with Crippen molar-refractivity contribution in [2.24, 2.45) is 5.92 Å². The molecule has 1 unspecified atom stereocenters. The first kappa shape index (κ1) is 30.8. The quantitative estimate of drug-likeness (QED) is 0.181. The number of hydrogen-bond acceptors (Lipinski definition) is 3. The van der Waals surface area contributed by atoms with Gasteiger partial charge in [0.05, 0.1) is 27.2 Å². The number of benzene rings is 3. The molecule has 0 saturated heterocycles. The van der Waals surface area contributed by atoms with E-state index in [1.54, 1.807) is 6.07 Å². The molecule has 3 amide bonds. The zero-order valence-electron chi connectivity index (χ0n) is 19.8. The number of nitrogens with one attached hydrogen (secondary N) is 3. The molecule has 1 aliphatic carbocycles. The molecule has 1 aliphatic rings. The molecule has 0 aliphatic heterocycles. The van der Waals surface area contributed by atoms with Crippen LogP contribution in [0.4, 0.5) is 43.4 Å². The van der Waals surface area contributed by atoms with E-state index >= 15 is 0 Å². The Morgan fingerprint density at radius 3 is 2.12 bits per heavy atom. The van der Waals surface area contributed by atoms with E-state index in [1.807, 2.05) is 5.32 Å². The van der Waals surface area contributed by atoms with E-state index < -0.39 is 86.2 Å². The summed E-state index contributed by atoms with van der Waals surface area (Å²) in [4.78, 5) is 36.8. The van der Waals surface area contributed by atoms with Gasteiger partial charge in [-0.15, -0.1) is 23.2 Å². The summed E-state index contributed by atoms with van der Waals surface area (Å²) in [6.07, 6.45) is -3.61. The highest BCUT2D eigenvalue weighted by Crippen LogP contribution is 2.65. The smallest absolute Gasteiger partial charge is 0.315 e. The van der Waals surface area contributed by atoms with Crippen LogP contribution in [0.5, 0.6) is 0 Å². The topological polar surface area (TPSA) is 87.3 Å². The van der Waals surface area contributed by atoms with Crippen molar-refractivity contribution in [3.63, 3.8) is 0 Å². The summed E-state index contributed by atoms with van der Waals surface area (Å²) < 4.78 is 80.9. The van der Waals surface area contributed by atoms with Gasteiger partial charge in [0.2, 0.25) is 5.91 Å². The summed E-state index contributed by atoms with van der Waals surface area (Å²) in [5.74, 6) is -12.6. The Hall–Kier alpha value is -3.19. The van der Waals surface area contributed by atoms with Crippen molar-refractivity contribution >= 4 is 81.2 Å². The van der Waals surface area contributed by atoms with Crippen molar-refractivity contribution in [3.8, 4) is 0 Å². The SMILES string of the molecule is O=C(Nc1ccc(F)c(NC(=O)C(F)F)c1F)c1cc(NC(=O)C2[C@H](c3ccc(Cl)c(Cl)c3)C2(Cl)Cl)cc(F)c1F. The van der Waals surface area contributed by atoms with Crippen LogP contribution < -0.4 is 16.0 Å². The van der Waals surface area contributed by atoms with E-state index in [9.17, 15) is 40.7 Å². The minimum absolute atomic E-state index is 0.178. The molecule has 3 aromatic rings. The van der Waals surface area contributed by atoms with E-state index in [0.29, 0.717) is 29.8 Å². The van der Waals surface area contributed by atoms with Crippen LogP contribution in [0.3, 0.4) is 0 Å². The van der Waals surface area contributed by atoms with E-state index in [4.69, 9.17) is 46.4 Å². The summed E-state index contributed by atoms with van der Waals surface area (Å²) in [6, 6.07) is 6.92. The van der Waals surface area contributed by atoms with Crippen molar-refractivity contribution < 1.29 is 40.7 Å². The van der Waals surface area contributed by atoms with Crippen LogP contribution in [0.2, 0.25) is 10.0 Å². The molecule has 2 atom stereocenters. The minimum atomic E-state index is -3.61. The van der Waals surface area contributed by atoms with Gasteiger partial charge in [-0.3, -0.25) is 14.4 Å². The first-order valence-electron chi connectivity index (χ1n) is 11.1. The highest BCUT2D eigenvalue weighted by Gasteiger charge is 2.67. The molecular formula is C25H13Cl4F6N3O3. The van der Waals surface area contributed by atoms with E-state index in [0.717, 1.165) is 0 Å². The Morgan fingerprint density at radius 2 is 1.49 bits per heavy atom. The summed E-state index contributed by atoms with van der Waals surface area (Å²) in [5, 5.41) is 5.85. The summed E-state index contributed by atoms with van der Waals surface area (Å²) >= 11 is 24.5. The number of carbonyl (C=O) groups excluding carboxylic acids is 3. The fraction of sp³-hybridized carbons (Fsp3) is 0.160. The number of alkyl halides is 4. The number of hydrogen-bond donors (Lipinski definition) is 3. The lowest BCUT2D eigenvalue weighted by Crippen LogP contribution is -2.23. The van der Waals surface area contributed by atoms with Crippen molar-refractivity contribution in [2.75, 3.05) is 16.0 Å². The van der Waals surface area contributed by atoms with E-state index in [2.05, 4.69) is 5.32 Å². The molecule has 41 heavy (non-hydrogen) atoms. The largest absolute Gasteiger partial charge is 0.326 e. The van der Waals surface area contributed by atoms with Crippen LogP contribution in [0.15, 0.2) is 42.5 Å². The number of amides is 3. The van der Waals surface area contributed by atoms with Gasteiger partial charge in [0.15, 0.2) is 17.5 Å². The highest BCUT2D eigenvalue weighted by atomic mass is 35.5. The zero-order chi connectivity index (χ0) is 30.4. The first-order valence-corrected chi connectivity index (χ1v) is 12.7. The van der Waals surface area contributed by atoms with Crippen molar-refractivity contribution in [2.45, 2.75) is 16.7 Å². The third-order valence-corrected chi connectivity index (χ3v) is 7.64. The van der Waals surface area contributed by atoms with Crippen LogP contribution in [0.1, 0.15) is 21.8 Å². The van der Waals surface area contributed by atoms with Gasteiger partial charge < -0.3 is 16.0 Å². The average Bonchev–Trinajstić information content (AvgIpc) is 3.48. The lowest BCUT2D eigenvalue weighted by atomic mass is 10.1. The first-order chi connectivity index (χ1) is 19.1. The van der Waals surface area contributed by atoms with Gasteiger partial charge in [-0.05, 0) is 35.9 Å². The molecule has 3 N–H and O–H groups in total. The second-order valence-electron chi connectivity index (χ2n) is 8.64. The van der Waals surface area contributed by atoms with Crippen molar-refractivity contribution in [1.29, 1.82) is 0 Å². The van der Waals surface area contributed by atoms with Gasteiger partial charge in [0.25, 0.3) is 11.8 Å². The van der Waals surface area contributed by atoms with Crippen LogP contribution >= 0.6 is 46.4 Å². The van der Waals surface area contributed by atoms with E-state index in [1.165, 1.54) is 17.4 Å². The second kappa shape index (κ2) is 11.6. The second-order valence-corrected chi connectivity index (χ2v) is 10.9. The Balaban J connectivity index is 1.55. The molecule has 4 rings (SSSR count). The van der Waals surface area contributed by atoms with Gasteiger partial charge in [0, 0.05) is 17.7 Å². The van der Waals surface area contributed by atoms with Gasteiger partial charge in [-0.2, -0.15) is 8.78 Å². The maximum Gasteiger partial charge on any atom is 0.315 e. The summed E-state index contributed by atoms with van der Waals surface area (Å²) in [7, 11) is 0. The number of halogens is 10. The number of carbonyl (C=O) groups is 3. The fourth-order valence-electron chi connectivity index (χ4n) is 3.95. The van der Waals surface area contributed by atoms with Gasteiger partial charge >= 0.3 is 6.43 Å². The number of anilines is 3. The van der Waals surface area contributed by atoms with E-state index in [-0.39, 0.29) is 10.0 Å². The Bertz CT molecular complexity index is 1590. The molecule has 0 heterocycles. The Kier molecular flexibility index (Phi) is 8.70. The molecule has 6 nitrogen and oxygen atoms in total. The molecular weight excluding hydrogens is 646 g/mol. The standard InChI is InChI=1S/C25H13Cl4F6N3O3/c26-11-2-1-8(5-12(11)27)16-17(25(16,28)29)23(40)36-9-6-10(18(32)14(31)7-9)22(39)37-15-4-3-13(30)20(19(15)33)38-24(41)21(34)35/h1-7,16-17,21H,(H,36,40)(H,37,39)(H,38,41)/t16-,17?/m0/s1. The van der Waals surface area contributed by atoms with Crippen molar-refractivity contribution in [3.05, 3.63) is 86.9 Å². The lowest BCUT2D eigenvalue weighted by Gasteiger charge is -2.13. The number of rotatable bonds is 7. The minimum Gasteiger partial charge on any atom is -0.326 e. The van der Waals surface area contributed by atoms with Crippen molar-refractivity contribution in [1.82, 2.24) is 0 Å². The van der Waals surface area contributed by atoms with Crippen LogP contribution in [0, 0.1) is 29.2 Å². The van der Waals surface area contributed by atoms with Gasteiger partial charge in [-0.1, -0.05) is 29.3 Å². The molecule has 1 fully saturated rings. The van der Waals surface area contributed by atoms with Crippen LogP contribution in [0.25, 0.3) is 0 Å². The molecule has 16 heteroatoms.